The fourth-order valence-corrected chi connectivity index (χ4v) is 2.74. The van der Waals surface area contributed by atoms with E-state index in [0.29, 0.717) is 0 Å². The molecule has 0 aliphatic rings. The number of hydrogen-bond acceptors (Lipinski definition) is 5. The lowest BCUT2D eigenvalue weighted by molar-refractivity contribution is -0.385. The molecule has 0 saturated carbocycles. The molecular weight excluding hydrogens is 372 g/mol. The smallest absolute Gasteiger partial charge is 0.345 e. The molecule has 0 heterocycles. The number of amides is 1. The molecule has 2 aromatic carbocycles. The number of ether oxygens (including phenoxy) is 1. The first-order valence-electron chi connectivity index (χ1n) is 8.37. The summed E-state index contributed by atoms with van der Waals surface area (Å²) in [4.78, 5) is 34.6. The Morgan fingerprint density at radius 3 is 2.56 bits per heavy atom. The van der Waals surface area contributed by atoms with E-state index in [1.165, 1.54) is 12.1 Å². The average Bonchev–Trinajstić information content (AvgIpc) is 2.66. The highest BCUT2D eigenvalue weighted by atomic mass is 35.5. The van der Waals surface area contributed by atoms with Gasteiger partial charge in [0.2, 0.25) is 0 Å². The lowest BCUT2D eigenvalue weighted by atomic mass is 10.0. The minimum absolute atomic E-state index is 0.126. The van der Waals surface area contributed by atoms with Crippen LogP contribution in [0.25, 0.3) is 0 Å². The number of carbonyl (C=O) groups excluding carboxylic acids is 2. The maximum absolute atomic E-state index is 12.2. The van der Waals surface area contributed by atoms with Gasteiger partial charge in [0.05, 0.1) is 11.0 Å². The van der Waals surface area contributed by atoms with Crippen LogP contribution < -0.4 is 5.32 Å². The summed E-state index contributed by atoms with van der Waals surface area (Å²) in [5.74, 6) is -1.44. The fourth-order valence-electron chi connectivity index (χ4n) is 2.57. The predicted octanol–water partition coefficient (Wildman–Crippen LogP) is 4.06. The first-order valence-corrected chi connectivity index (χ1v) is 8.75. The predicted molar refractivity (Wildman–Crippen MR) is 101 cm³/mol. The van der Waals surface area contributed by atoms with Crippen molar-refractivity contribution in [1.82, 2.24) is 5.32 Å². The first kappa shape index (κ1) is 20.4. The van der Waals surface area contributed by atoms with Crippen LogP contribution >= 0.6 is 11.6 Å². The number of rotatable bonds is 8. The molecule has 0 fully saturated rings. The van der Waals surface area contributed by atoms with E-state index in [9.17, 15) is 19.7 Å². The Bertz CT molecular complexity index is 826. The lowest BCUT2D eigenvalue weighted by Gasteiger charge is -2.18. The minimum Gasteiger partial charge on any atom is -0.452 e. The van der Waals surface area contributed by atoms with Gasteiger partial charge in [0.1, 0.15) is 5.56 Å². The van der Waals surface area contributed by atoms with E-state index in [-0.39, 0.29) is 16.6 Å². The van der Waals surface area contributed by atoms with Gasteiger partial charge in [-0.3, -0.25) is 14.9 Å². The number of esters is 1. The molecule has 0 radical (unpaired) electrons. The summed E-state index contributed by atoms with van der Waals surface area (Å²) in [6.45, 7) is 1.47. The lowest BCUT2D eigenvalue weighted by Crippen LogP contribution is -2.32. The second-order valence-electron chi connectivity index (χ2n) is 5.81. The van der Waals surface area contributed by atoms with E-state index < -0.39 is 29.1 Å². The molecule has 7 nitrogen and oxygen atoms in total. The molecule has 27 heavy (non-hydrogen) atoms. The van der Waals surface area contributed by atoms with Crippen LogP contribution in [0.4, 0.5) is 5.69 Å². The number of benzene rings is 2. The van der Waals surface area contributed by atoms with Gasteiger partial charge in [0, 0.05) is 11.1 Å². The van der Waals surface area contributed by atoms with Crippen molar-refractivity contribution in [3.05, 3.63) is 74.8 Å². The minimum atomic E-state index is -0.958. The van der Waals surface area contributed by atoms with Crippen LogP contribution in [0, 0.1) is 10.1 Å². The van der Waals surface area contributed by atoms with E-state index in [0.717, 1.165) is 24.5 Å². The molecule has 1 atom stereocenters. The van der Waals surface area contributed by atoms with Gasteiger partial charge in [0.25, 0.3) is 11.6 Å². The van der Waals surface area contributed by atoms with E-state index in [1.54, 1.807) is 0 Å². The SMILES string of the molecule is CCCC(NC(=O)COC(=O)c1ccc(Cl)cc1[N+](=O)[O-])c1ccccc1. The molecule has 0 aliphatic carbocycles. The summed E-state index contributed by atoms with van der Waals surface area (Å²) in [5, 5.41) is 14.0. The molecule has 0 aliphatic heterocycles. The van der Waals surface area contributed by atoms with Gasteiger partial charge in [-0.1, -0.05) is 55.3 Å². The number of halogens is 1. The standard InChI is InChI=1S/C19H19ClN2O5/c1-2-6-16(13-7-4-3-5-8-13)21-18(23)12-27-19(24)15-10-9-14(20)11-17(15)22(25)26/h3-5,7-11,16H,2,6,12H2,1H3,(H,21,23). The van der Waals surface area contributed by atoms with Crippen LogP contribution in [0.5, 0.6) is 0 Å². The van der Waals surface area contributed by atoms with Crippen molar-refractivity contribution in [2.75, 3.05) is 6.61 Å². The second-order valence-corrected chi connectivity index (χ2v) is 6.25. The van der Waals surface area contributed by atoms with Crippen LogP contribution in [0.1, 0.15) is 41.7 Å². The van der Waals surface area contributed by atoms with E-state index in [4.69, 9.17) is 16.3 Å². The van der Waals surface area contributed by atoms with Crippen LogP contribution in [0.3, 0.4) is 0 Å². The summed E-state index contributed by atoms with van der Waals surface area (Å²) < 4.78 is 4.94. The van der Waals surface area contributed by atoms with E-state index >= 15 is 0 Å². The zero-order valence-electron chi connectivity index (χ0n) is 14.7. The zero-order chi connectivity index (χ0) is 19.8. The fraction of sp³-hybridized carbons (Fsp3) is 0.263. The Labute approximate surface area is 161 Å². The highest BCUT2D eigenvalue weighted by Crippen LogP contribution is 2.24. The Kier molecular flexibility index (Phi) is 7.31. The molecule has 0 spiro atoms. The molecule has 1 amide bonds. The number of nitrogens with one attached hydrogen (secondary N) is 1. The van der Waals surface area contributed by atoms with Gasteiger partial charge in [-0.05, 0) is 24.1 Å². The van der Waals surface area contributed by atoms with E-state index in [2.05, 4.69) is 5.32 Å². The molecule has 1 N–H and O–H groups in total. The summed E-state index contributed by atoms with van der Waals surface area (Å²) in [6.07, 6.45) is 1.59. The third-order valence-corrected chi connectivity index (χ3v) is 4.06. The molecule has 2 rings (SSSR count). The highest BCUT2D eigenvalue weighted by molar-refractivity contribution is 6.31. The van der Waals surface area contributed by atoms with E-state index in [1.807, 2.05) is 37.3 Å². The van der Waals surface area contributed by atoms with Crippen LogP contribution in [0.15, 0.2) is 48.5 Å². The van der Waals surface area contributed by atoms with Crippen molar-refractivity contribution in [3.8, 4) is 0 Å². The third-order valence-electron chi connectivity index (χ3n) is 3.83. The van der Waals surface area contributed by atoms with Crippen molar-refractivity contribution in [1.29, 1.82) is 0 Å². The number of hydrogen-bond donors (Lipinski definition) is 1. The molecule has 1 unspecified atom stereocenters. The van der Waals surface area contributed by atoms with Gasteiger partial charge in [-0.15, -0.1) is 0 Å². The topological polar surface area (TPSA) is 98.5 Å². The maximum Gasteiger partial charge on any atom is 0.345 e. The maximum atomic E-state index is 12.2. The van der Waals surface area contributed by atoms with Gasteiger partial charge in [-0.25, -0.2) is 4.79 Å². The van der Waals surface area contributed by atoms with Crippen molar-refractivity contribution < 1.29 is 19.2 Å². The van der Waals surface area contributed by atoms with Gasteiger partial charge >= 0.3 is 5.97 Å². The summed E-state index contributed by atoms with van der Waals surface area (Å²) in [5.41, 5.74) is 0.221. The average molecular weight is 391 g/mol. The molecule has 0 aromatic heterocycles. The Balaban J connectivity index is 2.00. The molecule has 2 aromatic rings. The van der Waals surface area contributed by atoms with Crippen molar-refractivity contribution in [3.63, 3.8) is 0 Å². The second kappa shape index (κ2) is 9.68. The number of carbonyl (C=O) groups is 2. The monoisotopic (exact) mass is 390 g/mol. The zero-order valence-corrected chi connectivity index (χ0v) is 15.4. The Morgan fingerprint density at radius 2 is 1.93 bits per heavy atom. The quantitative estimate of drug-likeness (QED) is 0.416. The molecule has 142 valence electrons. The van der Waals surface area contributed by atoms with Crippen molar-refractivity contribution in [2.24, 2.45) is 0 Å². The van der Waals surface area contributed by atoms with Crippen LogP contribution in [0.2, 0.25) is 5.02 Å². The normalized spacial score (nSPS) is 11.5. The largest absolute Gasteiger partial charge is 0.452 e. The Morgan fingerprint density at radius 1 is 1.22 bits per heavy atom. The number of nitro benzene ring substituents is 1. The number of nitro groups is 1. The van der Waals surface area contributed by atoms with Crippen LogP contribution in [-0.4, -0.2) is 23.4 Å². The van der Waals surface area contributed by atoms with Crippen molar-refractivity contribution in [2.45, 2.75) is 25.8 Å². The van der Waals surface area contributed by atoms with Gasteiger partial charge < -0.3 is 10.1 Å². The molecule has 0 bridgehead atoms. The third kappa shape index (κ3) is 5.79. The first-order chi connectivity index (χ1) is 12.9. The summed E-state index contributed by atoms with van der Waals surface area (Å²) in [7, 11) is 0. The molecule has 8 heteroatoms. The Hall–Kier alpha value is -2.93. The molecule has 0 saturated heterocycles. The highest BCUT2D eigenvalue weighted by Gasteiger charge is 2.23. The van der Waals surface area contributed by atoms with Gasteiger partial charge in [0.15, 0.2) is 6.61 Å². The summed E-state index contributed by atoms with van der Waals surface area (Å²) in [6, 6.07) is 12.9. The number of nitrogens with zero attached hydrogens (tertiary/aromatic N) is 1. The summed E-state index contributed by atoms with van der Waals surface area (Å²) >= 11 is 5.72. The van der Waals surface area contributed by atoms with Gasteiger partial charge in [-0.2, -0.15) is 0 Å². The molecular formula is C19H19ClN2O5. The van der Waals surface area contributed by atoms with Crippen LogP contribution in [-0.2, 0) is 9.53 Å². The van der Waals surface area contributed by atoms with Crippen molar-refractivity contribution >= 4 is 29.2 Å².